The fourth-order valence-electron chi connectivity index (χ4n) is 3.87. The summed E-state index contributed by atoms with van der Waals surface area (Å²) in [4.78, 5) is 16.2. The van der Waals surface area contributed by atoms with Crippen molar-refractivity contribution in [1.29, 1.82) is 0 Å². The molecule has 0 aliphatic carbocycles. The molecule has 2 N–H and O–H groups in total. The Bertz CT molecular complexity index is 1360. The Morgan fingerprint density at radius 2 is 1.36 bits per heavy atom. The van der Waals surface area contributed by atoms with Crippen molar-refractivity contribution >= 4 is 22.4 Å². The lowest BCUT2D eigenvalue weighted by atomic mass is 9.88. The molecule has 1 unspecified atom stereocenters. The van der Waals surface area contributed by atoms with Crippen LogP contribution in [-0.2, 0) is 22.8 Å². The van der Waals surface area contributed by atoms with Crippen LogP contribution in [0, 0.1) is 0 Å². The van der Waals surface area contributed by atoms with Gasteiger partial charge in [0.1, 0.15) is 0 Å². The van der Waals surface area contributed by atoms with E-state index < -0.39 is 52.5 Å². The largest absolute Gasteiger partial charge is 0.478 e. The summed E-state index contributed by atoms with van der Waals surface area (Å²) >= 11 is 0. The molecule has 0 radical (unpaired) electrons. The third kappa shape index (κ3) is 4.23. The fraction of sp³-hybridized carbons (Fsp3) is 0.174. The summed E-state index contributed by atoms with van der Waals surface area (Å²) in [5.74, 6) is -1.32. The zero-order valence-corrected chi connectivity index (χ0v) is 17.4. The van der Waals surface area contributed by atoms with Crippen molar-refractivity contribution in [2.75, 3.05) is 0 Å². The maximum atomic E-state index is 14.3. The van der Waals surface area contributed by atoms with E-state index in [9.17, 15) is 49.4 Å². The van der Waals surface area contributed by atoms with Crippen LogP contribution in [0.1, 0.15) is 32.6 Å². The molecule has 0 fully saturated rings. The molecule has 1 atom stereocenters. The summed E-state index contributed by atoms with van der Waals surface area (Å²) in [6, 6.07) is 7.55. The van der Waals surface area contributed by atoms with Crippen molar-refractivity contribution in [3.05, 3.63) is 88.5 Å². The molecule has 1 heterocycles. The standard InChI is InChI=1S/C23H12F9NO3/c24-21(25,26)12-7-11(8-13(9-12)22(27,28)29)20(23(30,31)32)10-18(33-36-20)16-5-6-17(19(34)35)15-4-2-1-3-14(15)16/h1-10,33H,(H,34,35). The number of aromatic carboxylic acids is 1. The molecule has 13 heteroatoms. The zero-order chi connectivity index (χ0) is 26.7. The molecular formula is C23H12F9NO3. The van der Waals surface area contributed by atoms with Gasteiger partial charge in [0.05, 0.1) is 22.4 Å². The van der Waals surface area contributed by atoms with Crippen molar-refractivity contribution in [2.24, 2.45) is 0 Å². The highest BCUT2D eigenvalue weighted by atomic mass is 19.4. The van der Waals surface area contributed by atoms with Gasteiger partial charge >= 0.3 is 24.5 Å². The molecule has 0 saturated heterocycles. The number of rotatable bonds is 3. The van der Waals surface area contributed by atoms with Gasteiger partial charge in [-0.2, -0.15) is 39.5 Å². The molecule has 0 amide bonds. The SMILES string of the molecule is O=C(O)c1ccc(C2=CC(c3cc(C(F)(F)F)cc(C(F)(F)F)c3)(C(F)(F)F)ON2)c2ccccc12. The van der Waals surface area contributed by atoms with Gasteiger partial charge in [-0.1, -0.05) is 30.3 Å². The Balaban J connectivity index is 1.98. The molecule has 4 rings (SSSR count). The number of halogens is 9. The second-order valence-electron chi connectivity index (χ2n) is 7.80. The minimum absolute atomic E-state index is 0.0234. The predicted molar refractivity (Wildman–Crippen MR) is 107 cm³/mol. The van der Waals surface area contributed by atoms with E-state index in [0.29, 0.717) is 6.08 Å². The smallest absolute Gasteiger partial charge is 0.428 e. The number of carboxylic acid groups (broad SMARTS) is 1. The maximum absolute atomic E-state index is 14.3. The van der Waals surface area contributed by atoms with Gasteiger partial charge in [0.25, 0.3) is 0 Å². The van der Waals surface area contributed by atoms with Crippen LogP contribution in [-0.4, -0.2) is 17.3 Å². The van der Waals surface area contributed by atoms with E-state index in [1.165, 1.54) is 24.3 Å². The van der Waals surface area contributed by atoms with Crippen LogP contribution in [0.25, 0.3) is 16.5 Å². The Hall–Kier alpha value is -3.74. The summed E-state index contributed by atoms with van der Waals surface area (Å²) in [6.45, 7) is 0. The first-order valence-electron chi connectivity index (χ1n) is 9.83. The monoisotopic (exact) mass is 521 g/mol. The van der Waals surface area contributed by atoms with E-state index in [1.54, 1.807) is 0 Å². The van der Waals surface area contributed by atoms with Crippen LogP contribution in [0.4, 0.5) is 39.5 Å². The maximum Gasteiger partial charge on any atom is 0.428 e. The molecule has 1 aliphatic rings. The first-order valence-corrected chi connectivity index (χ1v) is 9.83. The van der Waals surface area contributed by atoms with Gasteiger partial charge in [-0.15, -0.1) is 0 Å². The summed E-state index contributed by atoms with van der Waals surface area (Å²) < 4.78 is 123. The summed E-state index contributed by atoms with van der Waals surface area (Å²) in [6.07, 6.45) is -16.0. The van der Waals surface area contributed by atoms with E-state index in [4.69, 9.17) is 4.84 Å². The van der Waals surface area contributed by atoms with Crippen LogP contribution < -0.4 is 5.48 Å². The highest BCUT2D eigenvalue weighted by Gasteiger charge is 2.60. The van der Waals surface area contributed by atoms with Crippen molar-refractivity contribution in [3.63, 3.8) is 0 Å². The van der Waals surface area contributed by atoms with Gasteiger partial charge < -0.3 is 5.11 Å². The molecule has 0 aromatic heterocycles. The molecule has 0 bridgehead atoms. The second kappa shape index (κ2) is 8.15. The molecule has 3 aromatic carbocycles. The third-order valence-corrected chi connectivity index (χ3v) is 5.55. The number of hydrogen-bond donors (Lipinski definition) is 2. The molecule has 4 nitrogen and oxygen atoms in total. The number of hydrogen-bond acceptors (Lipinski definition) is 3. The topological polar surface area (TPSA) is 58.6 Å². The minimum Gasteiger partial charge on any atom is -0.478 e. The van der Waals surface area contributed by atoms with Gasteiger partial charge in [-0.05, 0) is 41.1 Å². The molecule has 36 heavy (non-hydrogen) atoms. The van der Waals surface area contributed by atoms with E-state index in [2.05, 4.69) is 0 Å². The molecule has 0 saturated carbocycles. The van der Waals surface area contributed by atoms with Gasteiger partial charge in [-0.25, -0.2) is 4.79 Å². The Kier molecular flexibility index (Phi) is 5.74. The average molecular weight is 521 g/mol. The Labute approximate surface area is 195 Å². The van der Waals surface area contributed by atoms with Crippen LogP contribution in [0.5, 0.6) is 0 Å². The Morgan fingerprint density at radius 1 is 0.806 bits per heavy atom. The van der Waals surface area contributed by atoms with Crippen molar-refractivity contribution in [1.82, 2.24) is 5.48 Å². The summed E-state index contributed by atoms with van der Waals surface area (Å²) in [7, 11) is 0. The third-order valence-electron chi connectivity index (χ3n) is 5.55. The summed E-state index contributed by atoms with van der Waals surface area (Å²) in [5.41, 5.74) is -7.75. The predicted octanol–water partition coefficient (Wildman–Crippen LogP) is 6.91. The van der Waals surface area contributed by atoms with E-state index in [0.717, 1.165) is 12.1 Å². The average Bonchev–Trinajstić information content (AvgIpc) is 3.23. The molecule has 1 aliphatic heterocycles. The fourth-order valence-corrected chi connectivity index (χ4v) is 3.87. The van der Waals surface area contributed by atoms with Gasteiger partial charge in [0.2, 0.25) is 5.60 Å². The molecule has 190 valence electrons. The first-order chi connectivity index (χ1) is 16.5. The molecule has 0 spiro atoms. The first kappa shape index (κ1) is 25.4. The minimum atomic E-state index is -5.51. The lowest BCUT2D eigenvalue weighted by Crippen LogP contribution is -2.43. The van der Waals surface area contributed by atoms with Crippen molar-refractivity contribution < 1.29 is 54.3 Å². The van der Waals surface area contributed by atoms with Gasteiger partial charge in [0.15, 0.2) is 0 Å². The highest BCUT2D eigenvalue weighted by molar-refractivity contribution is 6.07. The number of benzene rings is 3. The number of carboxylic acids is 1. The van der Waals surface area contributed by atoms with Gasteiger partial charge in [0, 0.05) is 11.1 Å². The van der Waals surface area contributed by atoms with Crippen LogP contribution >= 0.6 is 0 Å². The van der Waals surface area contributed by atoms with Crippen LogP contribution in [0.2, 0.25) is 0 Å². The number of fused-ring (bicyclic) bond motifs is 1. The normalized spacial score (nSPS) is 18.8. The van der Waals surface area contributed by atoms with Crippen molar-refractivity contribution in [3.8, 4) is 0 Å². The van der Waals surface area contributed by atoms with Gasteiger partial charge in [-0.3, -0.25) is 10.3 Å². The highest BCUT2D eigenvalue weighted by Crippen LogP contribution is 2.50. The number of alkyl halides is 9. The molecular weight excluding hydrogens is 509 g/mol. The molecule has 3 aromatic rings. The number of carbonyl (C=O) groups is 1. The lowest BCUT2D eigenvalue weighted by Gasteiger charge is -2.29. The second-order valence-corrected chi connectivity index (χ2v) is 7.80. The van der Waals surface area contributed by atoms with Crippen molar-refractivity contribution in [2.45, 2.75) is 24.1 Å². The number of hydroxylamine groups is 1. The van der Waals surface area contributed by atoms with Crippen LogP contribution in [0.3, 0.4) is 0 Å². The van der Waals surface area contributed by atoms with E-state index >= 15 is 0 Å². The van der Waals surface area contributed by atoms with E-state index in [1.807, 2.05) is 5.48 Å². The quantitative estimate of drug-likeness (QED) is 0.368. The van der Waals surface area contributed by atoms with E-state index in [-0.39, 0.29) is 40.1 Å². The number of nitrogens with one attached hydrogen (secondary N) is 1. The zero-order valence-electron chi connectivity index (χ0n) is 17.4. The summed E-state index contributed by atoms with van der Waals surface area (Å²) in [5, 5.41) is 9.66. The lowest BCUT2D eigenvalue weighted by molar-refractivity contribution is -0.269. The Morgan fingerprint density at radius 3 is 1.86 bits per heavy atom. The van der Waals surface area contributed by atoms with Crippen LogP contribution in [0.15, 0.2) is 60.7 Å².